The second-order valence-corrected chi connectivity index (χ2v) is 6.42. The van der Waals surface area contributed by atoms with Crippen LogP contribution in [0.15, 0.2) is 34.7 Å². The fourth-order valence-corrected chi connectivity index (χ4v) is 3.33. The Morgan fingerprint density at radius 1 is 1.45 bits per heavy atom. The van der Waals surface area contributed by atoms with E-state index in [2.05, 4.69) is 20.9 Å². The van der Waals surface area contributed by atoms with Crippen molar-refractivity contribution in [2.75, 3.05) is 13.1 Å². The Labute approximate surface area is 132 Å². The number of aromatic nitrogens is 2. The van der Waals surface area contributed by atoms with Crippen molar-refractivity contribution in [1.82, 2.24) is 14.9 Å². The normalized spacial score (nSPS) is 17.3. The Bertz CT molecular complexity index is 701. The van der Waals surface area contributed by atoms with Gasteiger partial charge in [0.25, 0.3) is 5.56 Å². The highest BCUT2D eigenvalue weighted by Gasteiger charge is 2.18. The summed E-state index contributed by atoms with van der Waals surface area (Å²) < 4.78 is 13.4. The van der Waals surface area contributed by atoms with Gasteiger partial charge in [0.1, 0.15) is 11.5 Å². The van der Waals surface area contributed by atoms with E-state index in [0.29, 0.717) is 23.0 Å². The first-order valence-electron chi connectivity index (χ1n) is 7.38. The van der Waals surface area contributed by atoms with Gasteiger partial charge in [0.2, 0.25) is 0 Å². The fraction of sp³-hybridized carbons (Fsp3) is 0.375. The van der Waals surface area contributed by atoms with Crippen molar-refractivity contribution in [3.8, 4) is 0 Å². The molecular weight excluding hydrogens is 301 g/mol. The first kappa shape index (κ1) is 15.1. The van der Waals surface area contributed by atoms with Crippen LogP contribution >= 0.6 is 11.3 Å². The zero-order chi connectivity index (χ0) is 15.4. The minimum atomic E-state index is -0.145. The number of likely N-dealkylation sites (tertiary alicyclic amines) is 1. The number of hydrogen-bond donors (Lipinski definition) is 1. The maximum atomic E-state index is 13.4. The molecule has 1 fully saturated rings. The molecule has 0 saturated carbocycles. The zero-order valence-corrected chi connectivity index (χ0v) is 13.0. The molecule has 2 aromatic heterocycles. The van der Waals surface area contributed by atoms with Gasteiger partial charge in [-0.3, -0.25) is 14.7 Å². The van der Waals surface area contributed by atoms with Crippen LogP contribution in [0.4, 0.5) is 4.39 Å². The molecule has 22 heavy (non-hydrogen) atoms. The lowest BCUT2D eigenvalue weighted by Gasteiger charge is -2.30. The zero-order valence-electron chi connectivity index (χ0n) is 12.2. The molecule has 6 heteroatoms. The van der Waals surface area contributed by atoms with Crippen LogP contribution in [0, 0.1) is 11.7 Å². The van der Waals surface area contributed by atoms with Crippen molar-refractivity contribution >= 4 is 17.4 Å². The van der Waals surface area contributed by atoms with Gasteiger partial charge in [-0.05, 0) is 49.4 Å². The number of aromatic amines is 1. The number of rotatable bonds is 4. The first-order valence-corrected chi connectivity index (χ1v) is 8.26. The van der Waals surface area contributed by atoms with E-state index in [4.69, 9.17) is 0 Å². The van der Waals surface area contributed by atoms with Crippen LogP contribution < -0.4 is 5.56 Å². The van der Waals surface area contributed by atoms with Gasteiger partial charge >= 0.3 is 0 Å². The summed E-state index contributed by atoms with van der Waals surface area (Å²) in [6.07, 6.45) is 9.21. The largest absolute Gasteiger partial charge is 0.326 e. The van der Waals surface area contributed by atoms with Crippen molar-refractivity contribution in [2.45, 2.75) is 19.4 Å². The summed E-state index contributed by atoms with van der Waals surface area (Å²) in [6.45, 7) is 2.45. The number of thiophene rings is 1. The van der Waals surface area contributed by atoms with Crippen LogP contribution in [0.2, 0.25) is 0 Å². The number of H-pyrrole nitrogens is 1. The lowest BCUT2D eigenvalue weighted by Crippen LogP contribution is -2.34. The van der Waals surface area contributed by atoms with Crippen molar-refractivity contribution in [1.29, 1.82) is 0 Å². The van der Waals surface area contributed by atoms with Gasteiger partial charge in [0.05, 0.1) is 4.88 Å². The molecule has 0 unspecified atom stereocenters. The summed E-state index contributed by atoms with van der Waals surface area (Å²) in [7, 11) is 0. The smallest absolute Gasteiger partial charge is 0.270 e. The van der Waals surface area contributed by atoms with Crippen LogP contribution in [0.3, 0.4) is 0 Å². The van der Waals surface area contributed by atoms with Crippen LogP contribution in [-0.2, 0) is 6.54 Å². The monoisotopic (exact) mass is 319 g/mol. The van der Waals surface area contributed by atoms with Crippen LogP contribution in [0.5, 0.6) is 0 Å². The molecule has 0 amide bonds. The molecule has 0 bridgehead atoms. The third-order valence-corrected chi connectivity index (χ3v) is 4.81. The number of halogens is 1. The molecule has 0 spiro atoms. The Hall–Kier alpha value is -1.79. The summed E-state index contributed by atoms with van der Waals surface area (Å²) in [4.78, 5) is 21.4. The molecule has 4 nitrogen and oxygen atoms in total. The lowest BCUT2D eigenvalue weighted by molar-refractivity contribution is 0.193. The summed E-state index contributed by atoms with van der Waals surface area (Å²) >= 11 is 1.42. The van der Waals surface area contributed by atoms with E-state index < -0.39 is 0 Å². The fourth-order valence-electron chi connectivity index (χ4n) is 2.66. The van der Waals surface area contributed by atoms with E-state index in [1.165, 1.54) is 17.4 Å². The second kappa shape index (κ2) is 6.98. The second-order valence-electron chi connectivity index (χ2n) is 5.47. The molecule has 3 heterocycles. The van der Waals surface area contributed by atoms with Gasteiger partial charge in [-0.1, -0.05) is 6.08 Å². The summed E-state index contributed by atoms with van der Waals surface area (Å²) in [5, 5.41) is 1.77. The van der Waals surface area contributed by atoms with Crippen molar-refractivity contribution in [3.63, 3.8) is 0 Å². The van der Waals surface area contributed by atoms with Crippen molar-refractivity contribution < 1.29 is 4.39 Å². The van der Waals surface area contributed by atoms with E-state index in [1.54, 1.807) is 17.8 Å². The average Bonchev–Trinajstić information content (AvgIpc) is 2.94. The minimum absolute atomic E-state index is 0.113. The van der Waals surface area contributed by atoms with E-state index in [1.807, 2.05) is 6.08 Å². The average molecular weight is 319 g/mol. The summed E-state index contributed by atoms with van der Waals surface area (Å²) in [5.41, 5.74) is 0.454. The minimum Gasteiger partial charge on any atom is -0.326 e. The quantitative estimate of drug-likeness (QED) is 0.943. The van der Waals surface area contributed by atoms with E-state index in [0.717, 1.165) is 25.9 Å². The molecule has 2 aromatic rings. The maximum Gasteiger partial charge on any atom is 0.270 e. The van der Waals surface area contributed by atoms with Crippen LogP contribution in [0.1, 0.15) is 23.4 Å². The maximum absolute atomic E-state index is 13.4. The van der Waals surface area contributed by atoms with Gasteiger partial charge in [-0.25, -0.2) is 4.39 Å². The number of piperidine rings is 1. The number of allylic oxidation sites excluding steroid dienone is 1. The molecule has 0 aliphatic carbocycles. The molecule has 1 N–H and O–H groups in total. The highest BCUT2D eigenvalue weighted by atomic mass is 32.1. The molecule has 0 atom stereocenters. The highest BCUT2D eigenvalue weighted by molar-refractivity contribution is 7.10. The van der Waals surface area contributed by atoms with E-state index in [-0.39, 0.29) is 11.4 Å². The van der Waals surface area contributed by atoms with Crippen LogP contribution in [-0.4, -0.2) is 28.0 Å². The van der Waals surface area contributed by atoms with Crippen molar-refractivity contribution in [3.05, 3.63) is 56.7 Å². The Morgan fingerprint density at radius 3 is 2.95 bits per heavy atom. The first-order chi connectivity index (χ1) is 10.7. The topological polar surface area (TPSA) is 49.0 Å². The van der Waals surface area contributed by atoms with Gasteiger partial charge < -0.3 is 4.98 Å². The number of nitrogens with zero attached hydrogens (tertiary/aromatic N) is 2. The standard InChI is InChI=1S/C16H18FN3OS/c17-13-5-10-22-15(13)2-1-12-3-8-20(9-4-12)11-14-16(21)19-7-6-18-14/h1-2,5-7,10,12H,3-4,8-9,11H2,(H,19,21)/b2-1+. The summed E-state index contributed by atoms with van der Waals surface area (Å²) in [5.74, 6) is 0.327. The van der Waals surface area contributed by atoms with Gasteiger partial charge in [-0.15, -0.1) is 11.3 Å². The summed E-state index contributed by atoms with van der Waals surface area (Å²) in [6, 6.07) is 1.50. The predicted molar refractivity (Wildman–Crippen MR) is 86.2 cm³/mol. The third-order valence-electron chi connectivity index (χ3n) is 3.95. The molecule has 116 valence electrons. The molecule has 0 aromatic carbocycles. The van der Waals surface area contributed by atoms with Gasteiger partial charge in [-0.2, -0.15) is 0 Å². The molecule has 1 aliphatic heterocycles. The van der Waals surface area contributed by atoms with Crippen LogP contribution in [0.25, 0.3) is 6.08 Å². The molecular formula is C16H18FN3OS. The molecule has 1 saturated heterocycles. The third kappa shape index (κ3) is 3.69. The Balaban J connectivity index is 1.52. The number of nitrogens with one attached hydrogen (secondary N) is 1. The Morgan fingerprint density at radius 2 is 2.27 bits per heavy atom. The Kier molecular flexibility index (Phi) is 4.80. The SMILES string of the molecule is O=c1[nH]ccnc1CN1CCC(/C=C/c2sccc2F)CC1. The van der Waals surface area contributed by atoms with Crippen molar-refractivity contribution in [2.24, 2.45) is 5.92 Å². The molecule has 0 radical (unpaired) electrons. The van der Waals surface area contributed by atoms with E-state index in [9.17, 15) is 9.18 Å². The molecule has 1 aliphatic rings. The highest BCUT2D eigenvalue weighted by Crippen LogP contribution is 2.22. The van der Waals surface area contributed by atoms with Gasteiger partial charge in [0, 0.05) is 18.9 Å². The predicted octanol–water partition coefficient (Wildman–Crippen LogP) is 2.90. The number of hydrogen-bond acceptors (Lipinski definition) is 4. The lowest BCUT2D eigenvalue weighted by atomic mass is 9.96. The van der Waals surface area contributed by atoms with Gasteiger partial charge in [0.15, 0.2) is 0 Å². The molecule has 3 rings (SSSR count). The van der Waals surface area contributed by atoms with E-state index >= 15 is 0 Å².